The molecule has 5 nitrogen and oxygen atoms in total. The van der Waals surface area contributed by atoms with Gasteiger partial charge in [-0.1, -0.05) is 0 Å². The van der Waals surface area contributed by atoms with Gasteiger partial charge in [0.1, 0.15) is 0 Å². The zero-order chi connectivity index (χ0) is 9.47. The zero-order valence-corrected chi connectivity index (χ0v) is 7.74. The van der Waals surface area contributed by atoms with Gasteiger partial charge in [0, 0.05) is 18.0 Å². The number of hydrogen-bond acceptors (Lipinski definition) is 4. The van der Waals surface area contributed by atoms with E-state index in [0.717, 1.165) is 0 Å². The quantitative estimate of drug-likeness (QED) is 0.587. The van der Waals surface area contributed by atoms with Crippen LogP contribution >= 0.6 is 0 Å². The molecule has 0 saturated carbocycles. The minimum Gasteiger partial charge on any atom is -0.272 e. The second kappa shape index (κ2) is 2.59. The van der Waals surface area contributed by atoms with Gasteiger partial charge in [-0.2, -0.15) is 9.46 Å². The summed E-state index contributed by atoms with van der Waals surface area (Å²) in [5, 5.41) is 7.70. The lowest BCUT2D eigenvalue weighted by molar-refractivity contribution is -0.117. The first-order valence-corrected chi connectivity index (χ1v) is 5.57. The van der Waals surface area contributed by atoms with Crippen molar-refractivity contribution >= 4 is 15.6 Å². The summed E-state index contributed by atoms with van der Waals surface area (Å²) in [4.78, 5) is 11.0. The maximum atomic E-state index is 11.7. The van der Waals surface area contributed by atoms with Crippen molar-refractivity contribution in [1.82, 2.24) is 10.2 Å². The summed E-state index contributed by atoms with van der Waals surface area (Å²) in [6.45, 7) is 0. The lowest BCUT2D eigenvalue weighted by atomic mass is 10.2. The maximum absolute atomic E-state index is 11.7. The first kappa shape index (κ1) is 8.31. The molecule has 68 valence electrons. The maximum Gasteiger partial charge on any atom is 0.258 e. The van der Waals surface area contributed by atoms with Gasteiger partial charge in [-0.05, 0) is 6.07 Å². The number of aromatic nitrogens is 2. The summed E-state index contributed by atoms with van der Waals surface area (Å²) in [6, 6.07) is 1.65. The molecule has 2 rings (SSSR count). The highest BCUT2D eigenvalue weighted by atomic mass is 32.2. The fourth-order valence-corrected chi connectivity index (χ4v) is 2.60. The Kier molecular flexibility index (Phi) is 1.66. The third-order valence-electron chi connectivity index (χ3n) is 1.74. The molecule has 0 fully saturated rings. The molecule has 0 radical (unpaired) electrons. The van der Waals surface area contributed by atoms with E-state index in [-0.39, 0.29) is 12.3 Å². The van der Waals surface area contributed by atoms with Crippen LogP contribution in [0.3, 0.4) is 0 Å². The summed E-state index contributed by atoms with van der Waals surface area (Å²) in [5.74, 6) is -0.354. The van der Waals surface area contributed by atoms with Gasteiger partial charge in [0.2, 0.25) is 0 Å². The average Bonchev–Trinajstić information content (AvgIpc) is 2.02. The van der Waals surface area contributed by atoms with Crippen LogP contribution in [0.15, 0.2) is 21.7 Å². The Bertz CT molecular complexity index is 488. The number of fused-ring (bicyclic) bond motifs is 1. The first-order chi connectivity index (χ1) is 6.09. The zero-order valence-electron chi connectivity index (χ0n) is 6.93. The molecular formula is C7H7N3O2S. The Hall–Kier alpha value is -1.30. The van der Waals surface area contributed by atoms with Crippen molar-refractivity contribution in [2.24, 2.45) is 4.36 Å². The van der Waals surface area contributed by atoms with E-state index in [4.69, 9.17) is 0 Å². The van der Waals surface area contributed by atoms with Crippen LogP contribution in [0.5, 0.6) is 0 Å². The number of hydrogen-bond donors (Lipinski definition) is 0. The van der Waals surface area contributed by atoms with Gasteiger partial charge in [0.25, 0.3) is 5.91 Å². The van der Waals surface area contributed by atoms with Crippen molar-refractivity contribution < 1.29 is 9.00 Å². The molecule has 1 aliphatic rings. The molecular weight excluding hydrogens is 190 g/mol. The molecule has 1 aliphatic heterocycles. The Labute approximate surface area is 75.4 Å². The molecule has 2 heterocycles. The van der Waals surface area contributed by atoms with Crippen LogP contribution in [0.4, 0.5) is 0 Å². The third kappa shape index (κ3) is 1.33. The van der Waals surface area contributed by atoms with Crippen LogP contribution in [0.2, 0.25) is 0 Å². The largest absolute Gasteiger partial charge is 0.272 e. The van der Waals surface area contributed by atoms with Gasteiger partial charge < -0.3 is 0 Å². The lowest BCUT2D eigenvalue weighted by Crippen LogP contribution is -2.17. The van der Waals surface area contributed by atoms with E-state index in [1.807, 2.05) is 0 Å². The molecule has 0 N–H and O–H groups in total. The van der Waals surface area contributed by atoms with Gasteiger partial charge in [0.05, 0.1) is 16.1 Å². The van der Waals surface area contributed by atoms with Gasteiger partial charge in [-0.15, -0.1) is 5.10 Å². The number of nitrogens with zero attached hydrogens (tertiary/aromatic N) is 3. The van der Waals surface area contributed by atoms with Gasteiger partial charge in [-0.25, -0.2) is 4.21 Å². The molecule has 6 heteroatoms. The second-order valence-corrected chi connectivity index (χ2v) is 5.00. The van der Waals surface area contributed by atoms with Crippen LogP contribution < -0.4 is 0 Å². The molecule has 1 amide bonds. The summed E-state index contributed by atoms with van der Waals surface area (Å²) in [7, 11) is -2.64. The van der Waals surface area contributed by atoms with E-state index in [9.17, 15) is 9.00 Å². The third-order valence-corrected chi connectivity index (χ3v) is 3.36. The van der Waals surface area contributed by atoms with Gasteiger partial charge in [0.15, 0.2) is 5.03 Å². The predicted octanol–water partition coefficient (Wildman–Crippen LogP) is 0.0160. The van der Waals surface area contributed by atoms with E-state index in [0.29, 0.717) is 10.6 Å². The van der Waals surface area contributed by atoms with E-state index >= 15 is 0 Å². The summed E-state index contributed by atoms with van der Waals surface area (Å²) < 4.78 is 15.3. The van der Waals surface area contributed by atoms with Crippen LogP contribution in [0.1, 0.15) is 5.56 Å². The Morgan fingerprint density at radius 2 is 2.31 bits per heavy atom. The van der Waals surface area contributed by atoms with Crippen LogP contribution in [-0.4, -0.2) is 26.6 Å². The monoisotopic (exact) mass is 197 g/mol. The van der Waals surface area contributed by atoms with Gasteiger partial charge >= 0.3 is 0 Å². The Balaban J connectivity index is 2.77. The molecule has 0 aromatic carbocycles. The normalized spacial score (nSPS) is 26.4. The van der Waals surface area contributed by atoms with Gasteiger partial charge in [-0.3, -0.25) is 4.79 Å². The lowest BCUT2D eigenvalue weighted by Gasteiger charge is -2.11. The average molecular weight is 197 g/mol. The number of carbonyl (C=O) groups is 1. The van der Waals surface area contributed by atoms with Crippen molar-refractivity contribution in [2.45, 2.75) is 11.4 Å². The minimum absolute atomic E-state index is 0.176. The SMILES string of the molecule is CS1(=O)=NC(=O)Cc2ccnnc21. The van der Waals surface area contributed by atoms with E-state index in [2.05, 4.69) is 14.6 Å². The smallest absolute Gasteiger partial charge is 0.258 e. The highest BCUT2D eigenvalue weighted by Gasteiger charge is 2.22. The van der Waals surface area contributed by atoms with Crippen LogP contribution in [0, 0.1) is 0 Å². The van der Waals surface area contributed by atoms with Crippen LogP contribution in [-0.2, 0) is 20.9 Å². The molecule has 1 unspecified atom stereocenters. The minimum atomic E-state index is -2.64. The molecule has 0 aliphatic carbocycles. The fraction of sp³-hybridized carbons (Fsp3) is 0.286. The van der Waals surface area contributed by atoms with E-state index < -0.39 is 9.73 Å². The molecule has 1 aromatic heterocycles. The number of rotatable bonds is 0. The molecule has 0 bridgehead atoms. The van der Waals surface area contributed by atoms with E-state index in [1.54, 1.807) is 6.07 Å². The number of amides is 1. The summed E-state index contributed by atoms with van der Waals surface area (Å²) in [5.41, 5.74) is 0.669. The van der Waals surface area contributed by atoms with Crippen molar-refractivity contribution in [2.75, 3.05) is 6.26 Å². The van der Waals surface area contributed by atoms with Crippen molar-refractivity contribution in [1.29, 1.82) is 0 Å². The van der Waals surface area contributed by atoms with Crippen molar-refractivity contribution in [3.8, 4) is 0 Å². The predicted molar refractivity (Wildman–Crippen MR) is 45.5 cm³/mol. The highest BCUT2D eigenvalue weighted by molar-refractivity contribution is 7.93. The van der Waals surface area contributed by atoms with Crippen molar-refractivity contribution in [3.05, 3.63) is 17.8 Å². The summed E-state index contributed by atoms with van der Waals surface area (Å²) in [6.07, 6.45) is 3.06. The molecule has 0 spiro atoms. The topological polar surface area (TPSA) is 72.3 Å². The number of carbonyl (C=O) groups excluding carboxylic acids is 1. The molecule has 1 aromatic rings. The second-order valence-electron chi connectivity index (χ2n) is 2.83. The van der Waals surface area contributed by atoms with Crippen LogP contribution in [0.25, 0.3) is 0 Å². The first-order valence-electron chi connectivity index (χ1n) is 3.65. The van der Waals surface area contributed by atoms with Crippen molar-refractivity contribution in [3.63, 3.8) is 0 Å². The molecule has 0 saturated heterocycles. The fourth-order valence-electron chi connectivity index (χ4n) is 1.23. The summed E-state index contributed by atoms with van der Waals surface area (Å²) >= 11 is 0. The van der Waals surface area contributed by atoms with E-state index in [1.165, 1.54) is 12.5 Å². The Morgan fingerprint density at radius 1 is 1.54 bits per heavy atom. The standard InChI is InChI=1S/C7H7N3O2S/c1-13(12)7-5(2-3-8-9-7)4-6(11)10-13/h2-3H,4H2,1H3. The molecule has 13 heavy (non-hydrogen) atoms. The Morgan fingerprint density at radius 3 is 3.08 bits per heavy atom. The molecule has 1 atom stereocenters. The highest BCUT2D eigenvalue weighted by Crippen LogP contribution is 2.19.